The number of fused-ring (bicyclic) bond motifs is 1. The number of carbonyl (C=O) groups excluding carboxylic acids is 3. The Balaban J connectivity index is 1.61. The molecule has 1 unspecified atom stereocenters. The van der Waals surface area contributed by atoms with Gasteiger partial charge in [0.05, 0.1) is 19.8 Å². The minimum absolute atomic E-state index is 0.0439. The van der Waals surface area contributed by atoms with Crippen LogP contribution in [-0.2, 0) is 29.1 Å². The Hall–Kier alpha value is -2.05. The van der Waals surface area contributed by atoms with E-state index in [1.54, 1.807) is 36.9 Å². The van der Waals surface area contributed by atoms with Crippen molar-refractivity contribution < 1.29 is 27.5 Å². The molecule has 0 radical (unpaired) electrons. The third-order valence-electron chi connectivity index (χ3n) is 6.45. The van der Waals surface area contributed by atoms with Gasteiger partial charge in [-0.25, -0.2) is 8.42 Å². The molecule has 35 heavy (non-hydrogen) atoms. The summed E-state index contributed by atoms with van der Waals surface area (Å²) in [6.45, 7) is 4.94. The first-order valence-corrected chi connectivity index (χ1v) is 14.2. The maximum absolute atomic E-state index is 13.7. The number of carbonyl (C=O) groups is 3. The lowest BCUT2D eigenvalue weighted by Gasteiger charge is -2.33. The first kappa shape index (κ1) is 26.0. The van der Waals surface area contributed by atoms with Crippen molar-refractivity contribution >= 4 is 60.6 Å². The smallest absolute Gasteiger partial charge is 0.253 e. The van der Waals surface area contributed by atoms with Gasteiger partial charge in [0.15, 0.2) is 0 Å². The van der Waals surface area contributed by atoms with Crippen LogP contribution in [0.3, 0.4) is 0 Å². The quantitative estimate of drug-likeness (QED) is 0.508. The van der Waals surface area contributed by atoms with E-state index < -0.39 is 34.6 Å². The van der Waals surface area contributed by atoms with Crippen molar-refractivity contribution in [2.24, 2.45) is 0 Å². The molecule has 0 saturated carbocycles. The van der Waals surface area contributed by atoms with Crippen molar-refractivity contribution in [3.8, 4) is 0 Å². The Morgan fingerprint density at radius 3 is 2.63 bits per heavy atom. The molecule has 0 spiro atoms. The summed E-state index contributed by atoms with van der Waals surface area (Å²) < 4.78 is 34.5. The standard InChI is InChI=1S/C23H28ClN3O6S2/c1-3-18(28)14-27(35(31,32)21-13-16-12-17(24)4-5-20(16)34-21)19-6-7-26(23(19)30)15(2)22(29)25-8-10-33-11-9-25/h4-5,12-13,15,19H,3,6-11,14H2,1-2H3/t15-,19?/m0/s1. The molecule has 9 nitrogen and oxygen atoms in total. The van der Waals surface area contributed by atoms with E-state index in [0.29, 0.717) is 36.7 Å². The van der Waals surface area contributed by atoms with E-state index in [1.165, 1.54) is 11.0 Å². The number of hydrogen-bond donors (Lipinski definition) is 0. The summed E-state index contributed by atoms with van der Waals surface area (Å²) in [5.74, 6) is -0.945. The highest BCUT2D eigenvalue weighted by Gasteiger charge is 2.45. The van der Waals surface area contributed by atoms with Crippen LogP contribution in [0.2, 0.25) is 5.02 Å². The van der Waals surface area contributed by atoms with Crippen LogP contribution in [0.1, 0.15) is 26.7 Å². The number of ether oxygens (including phenoxy) is 1. The molecule has 190 valence electrons. The van der Waals surface area contributed by atoms with Crippen LogP contribution in [0, 0.1) is 0 Å². The number of Topliss-reactive ketones (excluding diaryl/α,β-unsaturated/α-hetero) is 1. The fourth-order valence-corrected chi connectivity index (χ4v) is 7.68. The number of amides is 2. The van der Waals surface area contributed by atoms with E-state index >= 15 is 0 Å². The number of rotatable bonds is 8. The molecule has 12 heteroatoms. The second-order valence-corrected chi connectivity index (χ2v) is 12.3. The van der Waals surface area contributed by atoms with Gasteiger partial charge in [-0.05, 0) is 43.0 Å². The zero-order valence-corrected chi connectivity index (χ0v) is 22.0. The summed E-state index contributed by atoms with van der Waals surface area (Å²) in [6, 6.07) is 4.83. The van der Waals surface area contributed by atoms with Crippen molar-refractivity contribution in [1.29, 1.82) is 0 Å². The molecule has 3 heterocycles. The number of sulfonamides is 1. The number of ketones is 1. The van der Waals surface area contributed by atoms with Gasteiger partial charge in [0.25, 0.3) is 10.0 Å². The lowest BCUT2D eigenvalue weighted by Crippen LogP contribution is -2.53. The highest BCUT2D eigenvalue weighted by molar-refractivity contribution is 7.91. The van der Waals surface area contributed by atoms with Gasteiger partial charge in [-0.2, -0.15) is 4.31 Å². The fraction of sp³-hybridized carbons (Fsp3) is 0.522. The van der Waals surface area contributed by atoms with Crippen molar-refractivity contribution in [2.75, 3.05) is 39.4 Å². The van der Waals surface area contributed by atoms with E-state index in [0.717, 1.165) is 20.3 Å². The number of benzene rings is 1. The Kier molecular flexibility index (Phi) is 7.82. The van der Waals surface area contributed by atoms with Crippen LogP contribution < -0.4 is 0 Å². The van der Waals surface area contributed by atoms with Gasteiger partial charge in [-0.15, -0.1) is 11.3 Å². The Labute approximate surface area is 213 Å². The van der Waals surface area contributed by atoms with E-state index in [1.807, 2.05) is 0 Å². The number of thiophene rings is 1. The van der Waals surface area contributed by atoms with Gasteiger partial charge < -0.3 is 14.5 Å². The minimum atomic E-state index is -4.16. The number of nitrogens with zero attached hydrogens (tertiary/aromatic N) is 3. The van der Waals surface area contributed by atoms with Crippen LogP contribution in [-0.4, -0.2) is 91.6 Å². The highest BCUT2D eigenvalue weighted by Crippen LogP contribution is 2.34. The molecule has 2 amide bonds. The summed E-state index contributed by atoms with van der Waals surface area (Å²) in [7, 11) is -4.16. The van der Waals surface area contributed by atoms with Crippen molar-refractivity contribution in [2.45, 2.75) is 43.0 Å². The molecule has 0 aliphatic carbocycles. The second-order valence-electron chi connectivity index (χ2n) is 8.64. The Morgan fingerprint density at radius 2 is 1.94 bits per heavy atom. The van der Waals surface area contributed by atoms with E-state index in [-0.39, 0.29) is 35.3 Å². The monoisotopic (exact) mass is 541 g/mol. The molecular formula is C23H28ClN3O6S2. The molecule has 2 fully saturated rings. The fourth-order valence-electron chi connectivity index (χ4n) is 4.40. The predicted octanol–water partition coefficient (Wildman–Crippen LogP) is 2.37. The molecule has 4 rings (SSSR count). The first-order valence-electron chi connectivity index (χ1n) is 11.5. The summed E-state index contributed by atoms with van der Waals surface area (Å²) in [5, 5.41) is 1.16. The summed E-state index contributed by atoms with van der Waals surface area (Å²) in [5.41, 5.74) is 0. The summed E-state index contributed by atoms with van der Waals surface area (Å²) >= 11 is 7.12. The van der Waals surface area contributed by atoms with Gasteiger partial charge >= 0.3 is 0 Å². The average Bonchev–Trinajstić information content (AvgIpc) is 3.45. The van der Waals surface area contributed by atoms with E-state index in [4.69, 9.17) is 16.3 Å². The number of halogens is 1. The number of likely N-dealkylation sites (tertiary alicyclic amines) is 1. The molecule has 2 saturated heterocycles. The van der Waals surface area contributed by atoms with Gasteiger partial charge in [-0.1, -0.05) is 18.5 Å². The molecule has 2 aromatic rings. The SMILES string of the molecule is CCC(=O)CN(C1CCN([C@@H](C)C(=O)N2CCOCC2)C1=O)S(=O)(=O)c1cc2cc(Cl)ccc2s1. The van der Waals surface area contributed by atoms with E-state index in [9.17, 15) is 22.8 Å². The Bertz CT molecular complexity index is 1240. The molecule has 0 N–H and O–H groups in total. The largest absolute Gasteiger partial charge is 0.378 e. The van der Waals surface area contributed by atoms with Gasteiger partial charge in [0.2, 0.25) is 11.8 Å². The zero-order chi connectivity index (χ0) is 25.3. The number of hydrogen-bond acceptors (Lipinski definition) is 7. The maximum atomic E-state index is 13.7. The molecular weight excluding hydrogens is 514 g/mol. The van der Waals surface area contributed by atoms with Crippen LogP contribution in [0.25, 0.3) is 10.1 Å². The zero-order valence-electron chi connectivity index (χ0n) is 19.6. The summed E-state index contributed by atoms with van der Waals surface area (Å²) in [6.07, 6.45) is 0.344. The highest BCUT2D eigenvalue weighted by atomic mass is 35.5. The molecule has 1 aromatic carbocycles. The molecule has 2 aliphatic rings. The predicted molar refractivity (Wildman–Crippen MR) is 133 cm³/mol. The van der Waals surface area contributed by atoms with Crippen LogP contribution >= 0.6 is 22.9 Å². The molecule has 2 aliphatic heterocycles. The number of morpholine rings is 1. The van der Waals surface area contributed by atoms with Gasteiger partial charge in [-0.3, -0.25) is 14.4 Å². The normalized spacial score (nSPS) is 20.1. The van der Waals surface area contributed by atoms with Crippen molar-refractivity contribution in [1.82, 2.24) is 14.1 Å². The maximum Gasteiger partial charge on any atom is 0.253 e. The lowest BCUT2D eigenvalue weighted by molar-refractivity contribution is -0.146. The summed E-state index contributed by atoms with van der Waals surface area (Å²) in [4.78, 5) is 41.9. The molecule has 1 aromatic heterocycles. The topological polar surface area (TPSA) is 104 Å². The molecule has 0 bridgehead atoms. The first-order chi connectivity index (χ1) is 16.6. The average molecular weight is 542 g/mol. The minimum Gasteiger partial charge on any atom is -0.378 e. The van der Waals surface area contributed by atoms with Crippen molar-refractivity contribution in [3.63, 3.8) is 0 Å². The van der Waals surface area contributed by atoms with Crippen LogP contribution in [0.15, 0.2) is 28.5 Å². The Morgan fingerprint density at radius 1 is 1.23 bits per heavy atom. The molecule has 2 atom stereocenters. The lowest BCUT2D eigenvalue weighted by atomic mass is 10.2. The van der Waals surface area contributed by atoms with Crippen LogP contribution in [0.5, 0.6) is 0 Å². The third kappa shape index (κ3) is 5.24. The van der Waals surface area contributed by atoms with Gasteiger partial charge in [0.1, 0.15) is 22.1 Å². The second kappa shape index (κ2) is 10.5. The van der Waals surface area contributed by atoms with Crippen molar-refractivity contribution in [3.05, 3.63) is 29.3 Å². The van der Waals surface area contributed by atoms with Crippen LogP contribution in [0.4, 0.5) is 0 Å². The third-order valence-corrected chi connectivity index (χ3v) is 10.1. The van der Waals surface area contributed by atoms with Gasteiger partial charge in [0, 0.05) is 35.8 Å². The van der Waals surface area contributed by atoms with E-state index in [2.05, 4.69) is 0 Å².